The van der Waals surface area contributed by atoms with Gasteiger partial charge in [0.25, 0.3) is 0 Å². The summed E-state index contributed by atoms with van der Waals surface area (Å²) in [4.78, 5) is 0. The van der Waals surface area contributed by atoms with Crippen molar-refractivity contribution in [1.29, 1.82) is 0 Å². The van der Waals surface area contributed by atoms with Gasteiger partial charge in [-0.15, -0.1) is 0 Å². The van der Waals surface area contributed by atoms with E-state index in [1.807, 2.05) is 0 Å². The molecule has 2 N–H and O–H groups in total. The molecule has 1 heteroatoms. The van der Waals surface area contributed by atoms with Crippen LogP contribution in [0.3, 0.4) is 0 Å². The van der Waals surface area contributed by atoms with E-state index in [0.717, 1.165) is 6.54 Å². The summed E-state index contributed by atoms with van der Waals surface area (Å²) < 4.78 is 0. The van der Waals surface area contributed by atoms with Gasteiger partial charge >= 0.3 is 0 Å². The predicted molar refractivity (Wildman–Crippen MR) is 42.3 cm³/mol. The van der Waals surface area contributed by atoms with E-state index in [2.05, 4.69) is 26.0 Å². The molecule has 54 valence electrons. The van der Waals surface area contributed by atoms with Crippen molar-refractivity contribution in [3.63, 3.8) is 0 Å². The van der Waals surface area contributed by atoms with Crippen molar-refractivity contribution >= 4 is 0 Å². The number of allylic oxidation sites excluding steroid dienone is 1. The van der Waals surface area contributed by atoms with Crippen molar-refractivity contribution in [3.8, 4) is 0 Å². The summed E-state index contributed by atoms with van der Waals surface area (Å²) in [5, 5.41) is 0. The van der Waals surface area contributed by atoms with Crippen molar-refractivity contribution in [2.75, 3.05) is 6.54 Å². The monoisotopic (exact) mass is 127 g/mol. The fourth-order valence-corrected chi connectivity index (χ4v) is 0.574. The van der Waals surface area contributed by atoms with Crippen molar-refractivity contribution in [2.45, 2.75) is 26.7 Å². The minimum Gasteiger partial charge on any atom is -0.330 e. The SMILES string of the molecule is CCC/C=C/C(C)CN. The zero-order chi connectivity index (χ0) is 7.11. The van der Waals surface area contributed by atoms with Crippen LogP contribution in [0.25, 0.3) is 0 Å². The largest absolute Gasteiger partial charge is 0.330 e. The minimum absolute atomic E-state index is 0.552. The third-order valence-electron chi connectivity index (χ3n) is 1.29. The number of rotatable bonds is 4. The van der Waals surface area contributed by atoms with Gasteiger partial charge in [0.1, 0.15) is 0 Å². The molecule has 0 amide bonds. The number of nitrogens with two attached hydrogens (primary N) is 1. The van der Waals surface area contributed by atoms with Gasteiger partial charge in [0.05, 0.1) is 0 Å². The van der Waals surface area contributed by atoms with E-state index in [0.29, 0.717) is 5.92 Å². The summed E-state index contributed by atoms with van der Waals surface area (Å²) in [5.74, 6) is 0.552. The van der Waals surface area contributed by atoms with Crippen LogP contribution >= 0.6 is 0 Å². The lowest BCUT2D eigenvalue weighted by Gasteiger charge is -1.97. The van der Waals surface area contributed by atoms with Crippen molar-refractivity contribution in [3.05, 3.63) is 12.2 Å². The molecule has 0 heterocycles. The van der Waals surface area contributed by atoms with Crippen LogP contribution in [0.2, 0.25) is 0 Å². The van der Waals surface area contributed by atoms with Gasteiger partial charge < -0.3 is 5.73 Å². The molecule has 0 aliphatic carbocycles. The van der Waals surface area contributed by atoms with Gasteiger partial charge in [0.15, 0.2) is 0 Å². The van der Waals surface area contributed by atoms with E-state index in [9.17, 15) is 0 Å². The molecule has 0 bridgehead atoms. The lowest BCUT2D eigenvalue weighted by atomic mass is 10.1. The molecular weight excluding hydrogens is 110 g/mol. The molecule has 0 aliphatic rings. The van der Waals surface area contributed by atoms with Gasteiger partial charge in [0, 0.05) is 0 Å². The Labute approximate surface area is 57.9 Å². The first kappa shape index (κ1) is 8.70. The smallest absolute Gasteiger partial charge is 0.00168 e. The molecule has 0 spiro atoms. The molecule has 1 unspecified atom stereocenters. The second-order valence-electron chi connectivity index (χ2n) is 2.43. The fourth-order valence-electron chi connectivity index (χ4n) is 0.574. The molecule has 0 aromatic heterocycles. The normalized spacial score (nSPS) is 14.6. The number of hydrogen-bond donors (Lipinski definition) is 1. The molecule has 0 aromatic rings. The van der Waals surface area contributed by atoms with Gasteiger partial charge in [-0.3, -0.25) is 0 Å². The molecule has 0 radical (unpaired) electrons. The Morgan fingerprint density at radius 1 is 1.56 bits per heavy atom. The van der Waals surface area contributed by atoms with Crippen LogP contribution in [0.1, 0.15) is 26.7 Å². The summed E-state index contributed by atoms with van der Waals surface area (Å²) in [7, 11) is 0. The highest BCUT2D eigenvalue weighted by molar-refractivity contribution is 4.86. The zero-order valence-electron chi connectivity index (χ0n) is 6.43. The van der Waals surface area contributed by atoms with E-state index >= 15 is 0 Å². The Hall–Kier alpha value is -0.300. The standard InChI is InChI=1S/C8H17N/c1-3-4-5-6-8(2)7-9/h5-6,8H,3-4,7,9H2,1-2H3/b6-5+. The molecule has 0 aliphatic heterocycles. The second kappa shape index (κ2) is 5.83. The quantitative estimate of drug-likeness (QED) is 0.574. The van der Waals surface area contributed by atoms with Crippen LogP contribution in [0.5, 0.6) is 0 Å². The van der Waals surface area contributed by atoms with Crippen LogP contribution in [0.15, 0.2) is 12.2 Å². The second-order valence-corrected chi connectivity index (χ2v) is 2.43. The molecule has 1 atom stereocenters. The Kier molecular flexibility index (Phi) is 5.64. The Bertz CT molecular complexity index is 76.6. The molecule has 0 saturated carbocycles. The first-order valence-corrected chi connectivity index (χ1v) is 3.68. The average molecular weight is 127 g/mol. The molecule has 1 nitrogen and oxygen atoms in total. The number of hydrogen-bond acceptors (Lipinski definition) is 1. The minimum atomic E-state index is 0.552. The van der Waals surface area contributed by atoms with Crippen molar-refractivity contribution < 1.29 is 0 Å². The van der Waals surface area contributed by atoms with Crippen LogP contribution < -0.4 is 5.73 Å². The highest BCUT2D eigenvalue weighted by atomic mass is 14.5. The average Bonchev–Trinajstić information content (AvgIpc) is 1.89. The van der Waals surface area contributed by atoms with Crippen LogP contribution in [-0.4, -0.2) is 6.54 Å². The maximum Gasteiger partial charge on any atom is -0.00168 e. The third kappa shape index (κ3) is 5.57. The van der Waals surface area contributed by atoms with Gasteiger partial charge in [-0.25, -0.2) is 0 Å². The van der Waals surface area contributed by atoms with E-state index in [-0.39, 0.29) is 0 Å². The maximum atomic E-state index is 5.40. The summed E-state index contributed by atoms with van der Waals surface area (Å²) in [6.07, 6.45) is 6.80. The molecule has 0 aromatic carbocycles. The van der Waals surface area contributed by atoms with E-state index < -0.39 is 0 Å². The van der Waals surface area contributed by atoms with Crippen molar-refractivity contribution in [1.82, 2.24) is 0 Å². The number of unbranched alkanes of at least 4 members (excludes halogenated alkanes) is 1. The van der Waals surface area contributed by atoms with E-state index in [1.165, 1.54) is 12.8 Å². The fraction of sp³-hybridized carbons (Fsp3) is 0.750. The Morgan fingerprint density at radius 3 is 2.67 bits per heavy atom. The van der Waals surface area contributed by atoms with Gasteiger partial charge in [-0.1, -0.05) is 32.4 Å². The topological polar surface area (TPSA) is 26.0 Å². The molecule has 0 rings (SSSR count). The summed E-state index contributed by atoms with van der Waals surface area (Å²) in [5.41, 5.74) is 5.40. The van der Waals surface area contributed by atoms with Crippen LogP contribution in [-0.2, 0) is 0 Å². The van der Waals surface area contributed by atoms with Crippen LogP contribution in [0.4, 0.5) is 0 Å². The van der Waals surface area contributed by atoms with Gasteiger partial charge in [-0.05, 0) is 18.9 Å². The maximum absolute atomic E-state index is 5.40. The van der Waals surface area contributed by atoms with Crippen LogP contribution in [0, 0.1) is 5.92 Å². The molecular formula is C8H17N. The van der Waals surface area contributed by atoms with E-state index in [4.69, 9.17) is 5.73 Å². The molecule has 9 heavy (non-hydrogen) atoms. The van der Waals surface area contributed by atoms with Gasteiger partial charge in [-0.2, -0.15) is 0 Å². The Balaban J connectivity index is 3.20. The zero-order valence-corrected chi connectivity index (χ0v) is 6.43. The third-order valence-corrected chi connectivity index (χ3v) is 1.29. The highest BCUT2D eigenvalue weighted by Gasteiger charge is 1.88. The summed E-state index contributed by atoms with van der Waals surface area (Å²) in [6.45, 7) is 5.07. The summed E-state index contributed by atoms with van der Waals surface area (Å²) >= 11 is 0. The van der Waals surface area contributed by atoms with E-state index in [1.54, 1.807) is 0 Å². The van der Waals surface area contributed by atoms with Gasteiger partial charge in [0.2, 0.25) is 0 Å². The lowest BCUT2D eigenvalue weighted by Crippen LogP contribution is -2.07. The summed E-state index contributed by atoms with van der Waals surface area (Å²) in [6, 6.07) is 0. The lowest BCUT2D eigenvalue weighted by molar-refractivity contribution is 0.734. The first-order valence-electron chi connectivity index (χ1n) is 3.68. The predicted octanol–water partition coefficient (Wildman–Crippen LogP) is 1.94. The molecule has 0 fully saturated rings. The Morgan fingerprint density at radius 2 is 2.22 bits per heavy atom. The first-order chi connectivity index (χ1) is 4.31. The van der Waals surface area contributed by atoms with Crippen molar-refractivity contribution in [2.24, 2.45) is 11.7 Å². The highest BCUT2D eigenvalue weighted by Crippen LogP contribution is 1.96. The molecule has 0 saturated heterocycles.